The SMILES string of the molecule is COCCCc1noc(C(C)(C)c2ccc(N)cc2)n1. The number of nitrogens with two attached hydrogens (primary N) is 1. The second-order valence-electron chi connectivity index (χ2n) is 5.36. The van der Waals surface area contributed by atoms with Crippen molar-refractivity contribution in [2.24, 2.45) is 0 Å². The molecule has 0 atom stereocenters. The van der Waals surface area contributed by atoms with E-state index in [2.05, 4.69) is 24.0 Å². The highest BCUT2D eigenvalue weighted by Crippen LogP contribution is 2.30. The lowest BCUT2D eigenvalue weighted by Crippen LogP contribution is -2.19. The van der Waals surface area contributed by atoms with Crippen molar-refractivity contribution >= 4 is 5.69 Å². The third-order valence-electron chi connectivity index (χ3n) is 3.38. The average molecular weight is 275 g/mol. The molecule has 5 nitrogen and oxygen atoms in total. The average Bonchev–Trinajstić information content (AvgIpc) is 2.89. The fraction of sp³-hybridized carbons (Fsp3) is 0.467. The van der Waals surface area contributed by atoms with E-state index in [1.807, 2.05) is 24.3 Å². The Kier molecular flexibility index (Phi) is 4.39. The van der Waals surface area contributed by atoms with Gasteiger partial charge in [-0.2, -0.15) is 4.98 Å². The van der Waals surface area contributed by atoms with Gasteiger partial charge in [0.25, 0.3) is 0 Å². The van der Waals surface area contributed by atoms with E-state index < -0.39 is 0 Å². The lowest BCUT2D eigenvalue weighted by atomic mass is 9.84. The molecule has 0 amide bonds. The maximum Gasteiger partial charge on any atom is 0.236 e. The Bertz CT molecular complexity index is 547. The van der Waals surface area contributed by atoms with Crippen LogP contribution in [-0.4, -0.2) is 23.9 Å². The first-order valence-electron chi connectivity index (χ1n) is 6.72. The molecular formula is C15H21N3O2. The summed E-state index contributed by atoms with van der Waals surface area (Å²) in [6, 6.07) is 7.74. The second-order valence-corrected chi connectivity index (χ2v) is 5.36. The van der Waals surface area contributed by atoms with E-state index in [1.54, 1.807) is 7.11 Å². The van der Waals surface area contributed by atoms with Crippen molar-refractivity contribution < 1.29 is 9.26 Å². The fourth-order valence-electron chi connectivity index (χ4n) is 2.01. The van der Waals surface area contributed by atoms with Gasteiger partial charge in [0.15, 0.2) is 5.82 Å². The number of anilines is 1. The number of benzene rings is 1. The molecule has 0 aliphatic carbocycles. The summed E-state index contributed by atoms with van der Waals surface area (Å²) in [6.45, 7) is 4.82. The molecule has 0 aliphatic rings. The van der Waals surface area contributed by atoms with E-state index in [-0.39, 0.29) is 5.41 Å². The first-order chi connectivity index (χ1) is 9.54. The molecule has 2 rings (SSSR count). The van der Waals surface area contributed by atoms with Crippen LogP contribution in [0.3, 0.4) is 0 Å². The number of aryl methyl sites for hydroxylation is 1. The Morgan fingerprint density at radius 1 is 1.25 bits per heavy atom. The van der Waals surface area contributed by atoms with Gasteiger partial charge < -0.3 is 15.0 Å². The fourth-order valence-corrected chi connectivity index (χ4v) is 2.01. The summed E-state index contributed by atoms with van der Waals surface area (Å²) in [5, 5.41) is 4.03. The predicted octanol–water partition coefficient (Wildman–Crippen LogP) is 2.56. The van der Waals surface area contributed by atoms with Crippen molar-refractivity contribution in [1.29, 1.82) is 0 Å². The van der Waals surface area contributed by atoms with Crippen molar-refractivity contribution in [2.45, 2.75) is 32.1 Å². The largest absolute Gasteiger partial charge is 0.399 e. The standard InChI is InChI=1S/C15H21N3O2/c1-15(2,11-6-8-12(16)9-7-11)14-17-13(18-20-14)5-4-10-19-3/h6-9H,4-5,10,16H2,1-3H3. The van der Waals surface area contributed by atoms with Crippen molar-refractivity contribution in [3.8, 4) is 0 Å². The Hall–Kier alpha value is -1.88. The zero-order valence-electron chi connectivity index (χ0n) is 12.2. The topological polar surface area (TPSA) is 74.2 Å². The van der Waals surface area contributed by atoms with Gasteiger partial charge in [-0.25, -0.2) is 0 Å². The monoisotopic (exact) mass is 275 g/mol. The molecule has 0 saturated heterocycles. The first kappa shape index (κ1) is 14.5. The molecule has 20 heavy (non-hydrogen) atoms. The quantitative estimate of drug-likeness (QED) is 0.648. The smallest absolute Gasteiger partial charge is 0.236 e. The highest BCUT2D eigenvalue weighted by Gasteiger charge is 2.29. The third-order valence-corrected chi connectivity index (χ3v) is 3.38. The minimum absolute atomic E-state index is 0.333. The van der Waals surface area contributed by atoms with Gasteiger partial charge in [0.05, 0.1) is 5.41 Å². The Morgan fingerprint density at radius 2 is 1.95 bits per heavy atom. The number of ether oxygens (including phenoxy) is 1. The maximum absolute atomic E-state index is 5.72. The van der Waals surface area contributed by atoms with Crippen LogP contribution in [0.15, 0.2) is 28.8 Å². The van der Waals surface area contributed by atoms with Gasteiger partial charge in [-0.3, -0.25) is 0 Å². The molecular weight excluding hydrogens is 254 g/mol. The first-order valence-corrected chi connectivity index (χ1v) is 6.72. The zero-order valence-corrected chi connectivity index (χ0v) is 12.2. The van der Waals surface area contributed by atoms with Gasteiger partial charge in [-0.05, 0) is 38.0 Å². The summed E-state index contributed by atoms with van der Waals surface area (Å²) in [6.07, 6.45) is 1.65. The number of rotatable bonds is 6. The molecule has 0 bridgehead atoms. The number of nitrogen functional groups attached to an aromatic ring is 1. The summed E-state index contributed by atoms with van der Waals surface area (Å²) < 4.78 is 10.4. The van der Waals surface area contributed by atoms with E-state index in [0.717, 1.165) is 29.9 Å². The van der Waals surface area contributed by atoms with Crippen LogP contribution >= 0.6 is 0 Å². The highest BCUT2D eigenvalue weighted by molar-refractivity contribution is 5.42. The lowest BCUT2D eigenvalue weighted by molar-refractivity contribution is 0.194. The Balaban J connectivity index is 2.15. The minimum Gasteiger partial charge on any atom is -0.399 e. The molecule has 1 aromatic heterocycles. The van der Waals surface area contributed by atoms with Crippen molar-refractivity contribution in [3.05, 3.63) is 41.5 Å². The zero-order chi connectivity index (χ0) is 14.6. The molecule has 5 heteroatoms. The van der Waals surface area contributed by atoms with Gasteiger partial charge >= 0.3 is 0 Å². The summed E-state index contributed by atoms with van der Waals surface area (Å²) in [4.78, 5) is 4.49. The number of hydrogen-bond donors (Lipinski definition) is 1. The molecule has 2 N–H and O–H groups in total. The van der Waals surface area contributed by atoms with Gasteiger partial charge in [-0.1, -0.05) is 17.3 Å². The van der Waals surface area contributed by atoms with E-state index >= 15 is 0 Å². The van der Waals surface area contributed by atoms with Crippen LogP contribution in [0.2, 0.25) is 0 Å². The maximum atomic E-state index is 5.72. The lowest BCUT2D eigenvalue weighted by Gasteiger charge is -2.20. The van der Waals surface area contributed by atoms with Crippen molar-refractivity contribution in [1.82, 2.24) is 10.1 Å². The van der Waals surface area contributed by atoms with Crippen LogP contribution in [0.4, 0.5) is 5.69 Å². The van der Waals surface area contributed by atoms with E-state index in [4.69, 9.17) is 15.0 Å². The van der Waals surface area contributed by atoms with Crippen LogP contribution in [0.25, 0.3) is 0 Å². The van der Waals surface area contributed by atoms with Gasteiger partial charge in [0, 0.05) is 25.8 Å². The minimum atomic E-state index is -0.333. The molecule has 0 saturated carbocycles. The van der Waals surface area contributed by atoms with Crippen LogP contribution < -0.4 is 5.73 Å². The van der Waals surface area contributed by atoms with Gasteiger partial charge in [0.2, 0.25) is 5.89 Å². The highest BCUT2D eigenvalue weighted by atomic mass is 16.5. The number of nitrogens with zero attached hydrogens (tertiary/aromatic N) is 2. The molecule has 0 spiro atoms. The third kappa shape index (κ3) is 3.17. The van der Waals surface area contributed by atoms with Crippen molar-refractivity contribution in [3.63, 3.8) is 0 Å². The normalized spacial score (nSPS) is 11.8. The summed E-state index contributed by atoms with van der Waals surface area (Å²) in [5.74, 6) is 1.34. The van der Waals surface area contributed by atoms with Gasteiger partial charge in [0.1, 0.15) is 0 Å². The van der Waals surface area contributed by atoms with Crippen LogP contribution in [-0.2, 0) is 16.6 Å². The Labute approximate surface area is 119 Å². The summed E-state index contributed by atoms with van der Waals surface area (Å²) >= 11 is 0. The molecule has 0 radical (unpaired) electrons. The summed E-state index contributed by atoms with van der Waals surface area (Å²) in [7, 11) is 1.69. The molecule has 1 heterocycles. The number of methoxy groups -OCH3 is 1. The van der Waals surface area contributed by atoms with E-state index in [0.29, 0.717) is 12.5 Å². The molecule has 1 aromatic carbocycles. The van der Waals surface area contributed by atoms with Gasteiger partial charge in [-0.15, -0.1) is 0 Å². The number of aromatic nitrogens is 2. The second kappa shape index (κ2) is 6.05. The summed E-state index contributed by atoms with van der Waals surface area (Å²) in [5.41, 5.74) is 7.23. The van der Waals surface area contributed by atoms with Crippen LogP contribution in [0, 0.1) is 0 Å². The molecule has 0 unspecified atom stereocenters. The van der Waals surface area contributed by atoms with E-state index in [9.17, 15) is 0 Å². The van der Waals surface area contributed by atoms with E-state index in [1.165, 1.54) is 0 Å². The van der Waals surface area contributed by atoms with Crippen LogP contribution in [0.5, 0.6) is 0 Å². The molecule has 108 valence electrons. The number of hydrogen-bond acceptors (Lipinski definition) is 5. The molecule has 2 aromatic rings. The van der Waals surface area contributed by atoms with Crippen molar-refractivity contribution in [2.75, 3.05) is 19.5 Å². The predicted molar refractivity (Wildman–Crippen MR) is 77.5 cm³/mol. The molecule has 0 aliphatic heterocycles. The van der Waals surface area contributed by atoms with Crippen LogP contribution in [0.1, 0.15) is 37.5 Å². The molecule has 0 fully saturated rings. The Morgan fingerprint density at radius 3 is 2.60 bits per heavy atom.